The molecule has 1 aliphatic carbocycles. The molecule has 0 atom stereocenters. The number of guanidine groups is 1. The zero-order valence-electron chi connectivity index (χ0n) is 9.23. The van der Waals surface area contributed by atoms with Crippen molar-refractivity contribution in [2.75, 3.05) is 0 Å². The van der Waals surface area contributed by atoms with E-state index < -0.39 is 0 Å². The summed E-state index contributed by atoms with van der Waals surface area (Å²) in [5, 5.41) is 0.800. The van der Waals surface area contributed by atoms with Crippen LogP contribution in [0.1, 0.15) is 25.7 Å². The monoisotopic (exact) mass is 235 g/mol. The minimum absolute atomic E-state index is 0.108. The molecule has 0 aromatic heterocycles. The summed E-state index contributed by atoms with van der Waals surface area (Å²) < 4.78 is 0. The van der Waals surface area contributed by atoms with Crippen LogP contribution in [0.15, 0.2) is 34.2 Å². The van der Waals surface area contributed by atoms with Crippen LogP contribution in [0.5, 0.6) is 0 Å². The lowest BCUT2D eigenvalue weighted by molar-refractivity contribution is 0.886. The number of nitrogens with two attached hydrogens (primary N) is 2. The van der Waals surface area contributed by atoms with Gasteiger partial charge in [0.2, 0.25) is 0 Å². The van der Waals surface area contributed by atoms with E-state index in [-0.39, 0.29) is 5.96 Å². The Labute approximate surface area is 100 Å². The van der Waals surface area contributed by atoms with Crippen LogP contribution in [-0.2, 0) is 0 Å². The number of rotatable bonds is 3. The molecule has 0 radical (unpaired) electrons. The third kappa shape index (κ3) is 3.17. The van der Waals surface area contributed by atoms with Crippen molar-refractivity contribution in [2.45, 2.75) is 35.8 Å². The lowest BCUT2D eigenvalue weighted by Gasteiger charge is -2.08. The number of benzene rings is 1. The first-order chi connectivity index (χ1) is 7.74. The smallest absolute Gasteiger partial charge is 0.191 e. The molecule has 0 spiro atoms. The molecular weight excluding hydrogens is 218 g/mol. The molecule has 0 amide bonds. The van der Waals surface area contributed by atoms with Crippen LogP contribution in [0.2, 0.25) is 0 Å². The molecular formula is C12H17N3S. The van der Waals surface area contributed by atoms with E-state index in [0.717, 1.165) is 10.9 Å². The predicted molar refractivity (Wildman–Crippen MR) is 70.0 cm³/mol. The molecule has 0 saturated heterocycles. The van der Waals surface area contributed by atoms with E-state index in [1.54, 1.807) is 0 Å². The minimum atomic E-state index is 0.108. The molecule has 1 fully saturated rings. The molecule has 4 N–H and O–H groups in total. The number of hydrogen-bond acceptors (Lipinski definition) is 2. The third-order valence-corrected chi connectivity index (χ3v) is 4.05. The first kappa shape index (κ1) is 11.3. The summed E-state index contributed by atoms with van der Waals surface area (Å²) in [7, 11) is 0. The summed E-state index contributed by atoms with van der Waals surface area (Å²) >= 11 is 1.97. The van der Waals surface area contributed by atoms with Gasteiger partial charge in [0.15, 0.2) is 5.96 Å². The Morgan fingerprint density at radius 1 is 1.12 bits per heavy atom. The van der Waals surface area contributed by atoms with Gasteiger partial charge in [-0.3, -0.25) is 0 Å². The maximum absolute atomic E-state index is 5.32. The Hall–Kier alpha value is -1.16. The number of aliphatic imine (C=N–C) groups is 1. The van der Waals surface area contributed by atoms with E-state index >= 15 is 0 Å². The number of nitrogens with zero attached hydrogens (tertiary/aromatic N) is 1. The van der Waals surface area contributed by atoms with Crippen molar-refractivity contribution in [2.24, 2.45) is 16.5 Å². The Morgan fingerprint density at radius 3 is 2.31 bits per heavy atom. The SMILES string of the molecule is NC(N)=Nc1ccc(SC2CCCC2)cc1. The van der Waals surface area contributed by atoms with Crippen LogP contribution in [0.3, 0.4) is 0 Å². The lowest BCUT2D eigenvalue weighted by Crippen LogP contribution is -2.21. The molecule has 1 aliphatic rings. The third-order valence-electron chi connectivity index (χ3n) is 2.70. The second-order valence-electron chi connectivity index (χ2n) is 4.05. The van der Waals surface area contributed by atoms with Crippen LogP contribution in [-0.4, -0.2) is 11.2 Å². The van der Waals surface area contributed by atoms with Gasteiger partial charge < -0.3 is 11.5 Å². The molecule has 1 aromatic carbocycles. The van der Waals surface area contributed by atoms with Gasteiger partial charge in [-0.25, -0.2) is 4.99 Å². The van der Waals surface area contributed by atoms with Crippen molar-refractivity contribution in [3.8, 4) is 0 Å². The lowest BCUT2D eigenvalue weighted by atomic mass is 10.3. The van der Waals surface area contributed by atoms with Crippen LogP contribution in [0.25, 0.3) is 0 Å². The molecule has 1 saturated carbocycles. The quantitative estimate of drug-likeness (QED) is 0.625. The molecule has 16 heavy (non-hydrogen) atoms. The summed E-state index contributed by atoms with van der Waals surface area (Å²) in [6.07, 6.45) is 5.45. The molecule has 0 aliphatic heterocycles. The zero-order chi connectivity index (χ0) is 11.4. The fourth-order valence-corrected chi connectivity index (χ4v) is 3.19. The van der Waals surface area contributed by atoms with Crippen LogP contribution < -0.4 is 11.5 Å². The normalized spacial score (nSPS) is 16.2. The van der Waals surface area contributed by atoms with Gasteiger partial charge in [0.1, 0.15) is 0 Å². The summed E-state index contributed by atoms with van der Waals surface area (Å²) in [4.78, 5) is 5.30. The first-order valence-electron chi connectivity index (χ1n) is 5.60. The van der Waals surface area contributed by atoms with Crippen LogP contribution in [0, 0.1) is 0 Å². The second kappa shape index (κ2) is 5.25. The van der Waals surface area contributed by atoms with E-state index in [9.17, 15) is 0 Å². The van der Waals surface area contributed by atoms with Gasteiger partial charge in [0.25, 0.3) is 0 Å². The standard InChI is InChI=1S/C12H17N3S/c13-12(14)15-9-5-7-11(8-6-9)16-10-3-1-2-4-10/h5-8,10H,1-4H2,(H4,13,14,15). The number of thioether (sulfide) groups is 1. The molecule has 0 heterocycles. The molecule has 0 unspecified atom stereocenters. The van der Waals surface area contributed by atoms with E-state index in [1.807, 2.05) is 23.9 Å². The molecule has 1 aromatic rings. The second-order valence-corrected chi connectivity index (χ2v) is 5.43. The first-order valence-corrected chi connectivity index (χ1v) is 6.48. The Balaban J connectivity index is 1.98. The average Bonchev–Trinajstić information content (AvgIpc) is 2.73. The van der Waals surface area contributed by atoms with Gasteiger partial charge in [-0.2, -0.15) is 0 Å². The number of hydrogen-bond donors (Lipinski definition) is 2. The van der Waals surface area contributed by atoms with Crippen molar-refractivity contribution < 1.29 is 0 Å². The van der Waals surface area contributed by atoms with Crippen LogP contribution >= 0.6 is 11.8 Å². The van der Waals surface area contributed by atoms with Crippen molar-refractivity contribution in [3.63, 3.8) is 0 Å². The van der Waals surface area contributed by atoms with E-state index in [1.165, 1.54) is 30.6 Å². The summed E-state index contributed by atoms with van der Waals surface area (Å²) in [5.74, 6) is 0.108. The summed E-state index contributed by atoms with van der Waals surface area (Å²) in [6.45, 7) is 0. The molecule has 3 nitrogen and oxygen atoms in total. The predicted octanol–water partition coefficient (Wildman–Crippen LogP) is 2.63. The molecule has 86 valence electrons. The molecule has 0 bridgehead atoms. The van der Waals surface area contributed by atoms with E-state index in [4.69, 9.17) is 11.5 Å². The largest absolute Gasteiger partial charge is 0.370 e. The fourth-order valence-electron chi connectivity index (χ4n) is 1.95. The van der Waals surface area contributed by atoms with Gasteiger partial charge >= 0.3 is 0 Å². The Morgan fingerprint density at radius 2 is 1.75 bits per heavy atom. The van der Waals surface area contributed by atoms with Gasteiger partial charge in [-0.15, -0.1) is 11.8 Å². The fraction of sp³-hybridized carbons (Fsp3) is 0.417. The average molecular weight is 235 g/mol. The molecule has 2 rings (SSSR count). The van der Waals surface area contributed by atoms with E-state index in [0.29, 0.717) is 0 Å². The van der Waals surface area contributed by atoms with Crippen molar-refractivity contribution in [1.29, 1.82) is 0 Å². The molecule has 4 heteroatoms. The van der Waals surface area contributed by atoms with Gasteiger partial charge in [0, 0.05) is 10.1 Å². The van der Waals surface area contributed by atoms with Crippen LogP contribution in [0.4, 0.5) is 5.69 Å². The summed E-state index contributed by atoms with van der Waals surface area (Å²) in [5.41, 5.74) is 11.4. The minimum Gasteiger partial charge on any atom is -0.370 e. The Bertz CT molecular complexity index is 362. The topological polar surface area (TPSA) is 64.4 Å². The maximum atomic E-state index is 5.32. The van der Waals surface area contributed by atoms with Crippen molar-refractivity contribution in [3.05, 3.63) is 24.3 Å². The maximum Gasteiger partial charge on any atom is 0.191 e. The van der Waals surface area contributed by atoms with Gasteiger partial charge in [-0.05, 0) is 37.1 Å². The highest BCUT2D eigenvalue weighted by Crippen LogP contribution is 2.35. The highest BCUT2D eigenvalue weighted by Gasteiger charge is 2.15. The van der Waals surface area contributed by atoms with Gasteiger partial charge in [0.05, 0.1) is 5.69 Å². The zero-order valence-corrected chi connectivity index (χ0v) is 10.0. The van der Waals surface area contributed by atoms with Crippen molar-refractivity contribution in [1.82, 2.24) is 0 Å². The van der Waals surface area contributed by atoms with Gasteiger partial charge in [-0.1, -0.05) is 12.8 Å². The highest BCUT2D eigenvalue weighted by atomic mass is 32.2. The van der Waals surface area contributed by atoms with E-state index in [2.05, 4.69) is 17.1 Å². The highest BCUT2D eigenvalue weighted by molar-refractivity contribution is 8.00. The summed E-state index contributed by atoms with van der Waals surface area (Å²) in [6, 6.07) is 8.09. The Kier molecular flexibility index (Phi) is 3.72. The van der Waals surface area contributed by atoms with Crippen molar-refractivity contribution >= 4 is 23.4 Å².